The number of benzene rings is 1. The number of nitrogens with zero attached hydrogens (tertiary/aromatic N) is 1. The van der Waals surface area contributed by atoms with Gasteiger partial charge in [0.15, 0.2) is 5.69 Å². The number of piperidine rings is 1. The molecular formula is C14H22N3O3+. The van der Waals surface area contributed by atoms with Gasteiger partial charge in [0.25, 0.3) is 0 Å². The van der Waals surface area contributed by atoms with Gasteiger partial charge in [0.05, 0.1) is 0 Å². The number of nitrogens with one attached hydrogen (secondary N) is 1. The van der Waals surface area contributed by atoms with Crippen LogP contribution in [0, 0.1) is 0 Å². The van der Waals surface area contributed by atoms with Gasteiger partial charge in [-0.05, 0) is 38.6 Å². The molecule has 2 rings (SSSR count). The molecule has 0 aromatic heterocycles. The van der Waals surface area contributed by atoms with E-state index in [2.05, 4.69) is 17.3 Å². The van der Waals surface area contributed by atoms with E-state index < -0.39 is 0 Å². The van der Waals surface area contributed by atoms with Crippen LogP contribution >= 0.6 is 0 Å². The Bertz CT molecular complexity index is 479. The summed E-state index contributed by atoms with van der Waals surface area (Å²) in [6, 6.07) is 5.29. The maximum Gasteiger partial charge on any atom is 0.221 e. The van der Waals surface area contributed by atoms with Gasteiger partial charge in [0.2, 0.25) is 5.91 Å². The Morgan fingerprint density at radius 2 is 2.35 bits per heavy atom. The molecule has 20 heavy (non-hydrogen) atoms. The highest BCUT2D eigenvalue weighted by Gasteiger charge is 2.19. The van der Waals surface area contributed by atoms with Crippen molar-refractivity contribution in [1.29, 1.82) is 0 Å². The van der Waals surface area contributed by atoms with Gasteiger partial charge in [0.1, 0.15) is 17.5 Å². The molecule has 1 heterocycles. The van der Waals surface area contributed by atoms with Gasteiger partial charge in [-0.15, -0.1) is 0 Å². The lowest BCUT2D eigenvalue weighted by Gasteiger charge is -2.30. The smallest absolute Gasteiger partial charge is 0.221 e. The fourth-order valence-electron chi connectivity index (χ4n) is 2.43. The summed E-state index contributed by atoms with van der Waals surface area (Å²) in [4.78, 5) is 13.3. The number of quaternary nitrogens is 1. The van der Waals surface area contributed by atoms with Crippen molar-refractivity contribution in [3.05, 3.63) is 18.2 Å². The Kier molecular flexibility index (Phi) is 4.94. The summed E-state index contributed by atoms with van der Waals surface area (Å²) < 4.78 is 5.94. The van der Waals surface area contributed by atoms with Gasteiger partial charge in [-0.2, -0.15) is 5.48 Å². The SMILES string of the molecule is CC(=O)Nc1ccc(OC2CCCN(C)C2)cc1[NH2+]O. The van der Waals surface area contributed by atoms with Crippen LogP contribution in [0.3, 0.4) is 0 Å². The highest BCUT2D eigenvalue weighted by Crippen LogP contribution is 2.25. The van der Waals surface area contributed by atoms with Gasteiger partial charge < -0.3 is 15.0 Å². The number of hydrogen-bond donors (Lipinski definition) is 3. The second-order valence-corrected chi connectivity index (χ2v) is 5.20. The van der Waals surface area contributed by atoms with E-state index in [9.17, 15) is 10.0 Å². The summed E-state index contributed by atoms with van der Waals surface area (Å²) in [5.74, 6) is 0.537. The molecule has 0 radical (unpaired) electrons. The quantitative estimate of drug-likeness (QED) is 0.560. The molecule has 1 aliphatic rings. The Morgan fingerprint density at radius 1 is 1.55 bits per heavy atom. The van der Waals surface area contributed by atoms with Crippen molar-refractivity contribution in [2.24, 2.45) is 0 Å². The molecule has 6 nitrogen and oxygen atoms in total. The van der Waals surface area contributed by atoms with E-state index in [1.165, 1.54) is 6.92 Å². The number of ether oxygens (including phenoxy) is 1. The number of carbonyl (C=O) groups is 1. The van der Waals surface area contributed by atoms with Gasteiger partial charge in [-0.1, -0.05) is 0 Å². The number of likely N-dealkylation sites (tertiary alicyclic amines) is 1. The molecule has 0 aliphatic carbocycles. The van der Waals surface area contributed by atoms with Crippen LogP contribution < -0.4 is 15.5 Å². The zero-order valence-electron chi connectivity index (χ0n) is 11.9. The van der Waals surface area contributed by atoms with E-state index in [4.69, 9.17) is 4.74 Å². The molecule has 0 bridgehead atoms. The average molecular weight is 280 g/mol. The second kappa shape index (κ2) is 6.69. The van der Waals surface area contributed by atoms with Crippen LogP contribution in [-0.2, 0) is 4.79 Å². The average Bonchev–Trinajstić information content (AvgIpc) is 2.40. The van der Waals surface area contributed by atoms with E-state index in [1.54, 1.807) is 12.1 Å². The maximum absolute atomic E-state index is 11.1. The van der Waals surface area contributed by atoms with Crippen LogP contribution in [-0.4, -0.2) is 42.3 Å². The fourth-order valence-corrected chi connectivity index (χ4v) is 2.43. The summed E-state index contributed by atoms with van der Waals surface area (Å²) in [6.07, 6.45) is 2.34. The molecule has 6 heteroatoms. The Hall–Kier alpha value is -1.63. The van der Waals surface area contributed by atoms with Crippen molar-refractivity contribution < 1.29 is 20.2 Å². The first-order valence-electron chi connectivity index (χ1n) is 6.83. The number of hydrogen-bond acceptors (Lipinski definition) is 4. The van der Waals surface area contributed by atoms with Crippen molar-refractivity contribution in [2.45, 2.75) is 25.9 Å². The van der Waals surface area contributed by atoms with Crippen LogP contribution in [0.4, 0.5) is 11.4 Å². The van der Waals surface area contributed by atoms with E-state index in [0.717, 1.165) is 31.4 Å². The van der Waals surface area contributed by atoms with Gasteiger partial charge in [-0.25, -0.2) is 5.21 Å². The number of carbonyl (C=O) groups excluding carboxylic acids is 1. The highest BCUT2D eigenvalue weighted by molar-refractivity contribution is 5.91. The molecular weight excluding hydrogens is 258 g/mol. The molecule has 1 aromatic carbocycles. The number of anilines is 1. The minimum absolute atomic E-state index is 0.171. The van der Waals surface area contributed by atoms with Gasteiger partial charge >= 0.3 is 0 Å². The fraction of sp³-hybridized carbons (Fsp3) is 0.500. The van der Waals surface area contributed by atoms with E-state index >= 15 is 0 Å². The van der Waals surface area contributed by atoms with Gasteiger partial charge in [-0.3, -0.25) is 4.79 Å². The monoisotopic (exact) mass is 280 g/mol. The first-order valence-corrected chi connectivity index (χ1v) is 6.83. The predicted octanol–water partition coefficient (Wildman–Crippen LogP) is 0.702. The summed E-state index contributed by atoms with van der Waals surface area (Å²) in [5, 5.41) is 11.9. The molecule has 1 fully saturated rings. The van der Waals surface area contributed by atoms with Crippen LogP contribution in [0.1, 0.15) is 19.8 Å². The minimum atomic E-state index is -0.171. The van der Waals surface area contributed by atoms with Crippen molar-refractivity contribution in [2.75, 3.05) is 25.5 Å². The zero-order chi connectivity index (χ0) is 14.5. The lowest BCUT2D eigenvalue weighted by Crippen LogP contribution is -2.74. The first kappa shape index (κ1) is 14.8. The van der Waals surface area contributed by atoms with Crippen molar-refractivity contribution in [1.82, 2.24) is 4.90 Å². The largest absolute Gasteiger partial charge is 0.489 e. The van der Waals surface area contributed by atoms with E-state index in [-0.39, 0.29) is 12.0 Å². The second-order valence-electron chi connectivity index (χ2n) is 5.20. The Labute approximate surface area is 118 Å². The van der Waals surface area contributed by atoms with Crippen molar-refractivity contribution in [3.63, 3.8) is 0 Å². The predicted molar refractivity (Wildman–Crippen MR) is 75.3 cm³/mol. The molecule has 1 aliphatic heterocycles. The Balaban J connectivity index is 2.07. The summed E-state index contributed by atoms with van der Waals surface area (Å²) >= 11 is 0. The van der Waals surface area contributed by atoms with Crippen LogP contribution in [0.5, 0.6) is 5.75 Å². The molecule has 0 spiro atoms. The lowest BCUT2D eigenvalue weighted by atomic mass is 10.1. The molecule has 0 saturated carbocycles. The third kappa shape index (κ3) is 3.93. The van der Waals surface area contributed by atoms with Crippen molar-refractivity contribution in [3.8, 4) is 5.75 Å². The van der Waals surface area contributed by atoms with Gasteiger partial charge in [0, 0.05) is 19.5 Å². The summed E-state index contributed by atoms with van der Waals surface area (Å²) in [5.41, 5.74) is 2.10. The molecule has 1 aromatic rings. The topological polar surface area (TPSA) is 78.4 Å². The van der Waals surface area contributed by atoms with Crippen LogP contribution in [0.25, 0.3) is 0 Å². The summed E-state index contributed by atoms with van der Waals surface area (Å²) in [7, 11) is 2.09. The highest BCUT2D eigenvalue weighted by atomic mass is 16.5. The molecule has 4 N–H and O–H groups in total. The Morgan fingerprint density at radius 3 is 3.00 bits per heavy atom. The van der Waals surface area contributed by atoms with E-state index in [1.807, 2.05) is 6.07 Å². The third-order valence-corrected chi connectivity index (χ3v) is 3.36. The lowest BCUT2D eigenvalue weighted by molar-refractivity contribution is -0.825. The normalized spacial score (nSPS) is 19.6. The molecule has 1 saturated heterocycles. The number of amides is 1. The summed E-state index contributed by atoms with van der Waals surface area (Å²) in [6.45, 7) is 3.45. The van der Waals surface area contributed by atoms with Crippen LogP contribution in [0.2, 0.25) is 0 Å². The van der Waals surface area contributed by atoms with E-state index in [0.29, 0.717) is 17.1 Å². The van der Waals surface area contributed by atoms with Crippen LogP contribution in [0.15, 0.2) is 18.2 Å². The number of nitrogens with two attached hydrogens (primary N) is 1. The number of rotatable bonds is 4. The zero-order valence-corrected chi connectivity index (χ0v) is 11.9. The standard InChI is InChI=1S/C14H21N3O3/c1-10(18)15-13-6-5-11(8-14(13)16-19)20-12-4-3-7-17(2)9-12/h5-6,8,12,16,19H,3-4,7,9H2,1-2H3,(H,15,18)/p+1. The minimum Gasteiger partial charge on any atom is -0.489 e. The first-order chi connectivity index (χ1) is 9.58. The molecule has 1 amide bonds. The molecule has 1 atom stereocenters. The maximum atomic E-state index is 11.1. The third-order valence-electron chi connectivity index (χ3n) is 3.36. The molecule has 110 valence electrons. The molecule has 1 unspecified atom stereocenters. The number of likely N-dealkylation sites (N-methyl/N-ethyl adjacent to an activating group) is 1. The van der Waals surface area contributed by atoms with Crippen molar-refractivity contribution >= 4 is 17.3 Å².